The maximum Gasteiger partial charge on any atom is 0.338 e. The Morgan fingerprint density at radius 2 is 1.71 bits per heavy atom. The second kappa shape index (κ2) is 8.65. The van der Waals surface area contributed by atoms with Crippen molar-refractivity contribution < 1.29 is 18.7 Å². The van der Waals surface area contributed by atoms with E-state index in [9.17, 15) is 14.9 Å². The molecular weight excluding hydrogens is 354 g/mol. The molecule has 0 saturated heterocycles. The molecule has 0 spiro atoms. The molecule has 0 aliphatic carbocycles. The number of allylic oxidation sites excluding steroid dienone is 1. The van der Waals surface area contributed by atoms with Gasteiger partial charge in [-0.1, -0.05) is 42.5 Å². The average Bonchev–Trinajstić information content (AvgIpc) is 3.21. The zero-order valence-electron chi connectivity index (χ0n) is 15.2. The van der Waals surface area contributed by atoms with Crippen LogP contribution in [0.3, 0.4) is 0 Å². The number of hydrogen-bond donors (Lipinski definition) is 0. The third-order valence-corrected chi connectivity index (χ3v) is 3.99. The Balaban J connectivity index is 1.81. The number of Topliss-reactive ketones (excluding diaryl/α,β-unsaturated/α-hetero) is 1. The number of carbonyl (C=O) groups excluding carboxylic acids is 2. The molecule has 138 valence electrons. The summed E-state index contributed by atoms with van der Waals surface area (Å²) in [6.07, 6.45) is 1.42. The number of esters is 1. The van der Waals surface area contributed by atoms with Gasteiger partial charge >= 0.3 is 5.97 Å². The molecule has 3 rings (SSSR count). The lowest BCUT2D eigenvalue weighted by molar-refractivity contribution is 0.0526. The highest BCUT2D eigenvalue weighted by Gasteiger charge is 2.13. The van der Waals surface area contributed by atoms with Crippen molar-refractivity contribution in [2.24, 2.45) is 0 Å². The van der Waals surface area contributed by atoms with Crippen LogP contribution in [0.1, 0.15) is 33.4 Å². The van der Waals surface area contributed by atoms with Crippen LogP contribution in [0.4, 0.5) is 0 Å². The second-order valence-corrected chi connectivity index (χ2v) is 5.86. The van der Waals surface area contributed by atoms with Gasteiger partial charge in [0.1, 0.15) is 23.2 Å². The van der Waals surface area contributed by atoms with Gasteiger partial charge in [0, 0.05) is 17.2 Å². The Labute approximate surface area is 162 Å². The molecule has 0 atom stereocenters. The van der Waals surface area contributed by atoms with Crippen LogP contribution >= 0.6 is 0 Å². The van der Waals surface area contributed by atoms with Gasteiger partial charge in [-0.2, -0.15) is 5.26 Å². The molecule has 1 heterocycles. The quantitative estimate of drug-likeness (QED) is 0.266. The highest BCUT2D eigenvalue weighted by molar-refractivity contribution is 6.13. The van der Waals surface area contributed by atoms with E-state index in [-0.39, 0.29) is 17.3 Å². The Bertz CT molecular complexity index is 1050. The van der Waals surface area contributed by atoms with Crippen molar-refractivity contribution in [3.63, 3.8) is 0 Å². The van der Waals surface area contributed by atoms with E-state index < -0.39 is 0 Å². The van der Waals surface area contributed by atoms with Crippen molar-refractivity contribution in [2.45, 2.75) is 6.92 Å². The fourth-order valence-electron chi connectivity index (χ4n) is 2.61. The van der Waals surface area contributed by atoms with E-state index in [1.165, 1.54) is 6.08 Å². The number of ether oxygens (including phenoxy) is 1. The lowest BCUT2D eigenvalue weighted by Gasteiger charge is -2.02. The van der Waals surface area contributed by atoms with Gasteiger partial charge in [0.15, 0.2) is 0 Å². The first-order valence-corrected chi connectivity index (χ1v) is 8.71. The summed E-state index contributed by atoms with van der Waals surface area (Å²) in [6, 6.07) is 20.8. The first-order chi connectivity index (χ1) is 13.6. The van der Waals surface area contributed by atoms with Gasteiger partial charge in [0.25, 0.3) is 0 Å². The minimum atomic E-state index is -0.379. The van der Waals surface area contributed by atoms with Crippen molar-refractivity contribution in [3.05, 3.63) is 89.2 Å². The van der Waals surface area contributed by atoms with Crippen molar-refractivity contribution >= 4 is 17.8 Å². The van der Waals surface area contributed by atoms with Gasteiger partial charge in [0.2, 0.25) is 5.78 Å². The maximum atomic E-state index is 12.4. The number of benzene rings is 2. The van der Waals surface area contributed by atoms with Gasteiger partial charge in [0.05, 0.1) is 12.2 Å². The molecule has 0 aliphatic rings. The number of ketones is 1. The fraction of sp³-hybridized carbons (Fsp3) is 0.0870. The topological polar surface area (TPSA) is 80.3 Å². The molecule has 0 amide bonds. The lowest BCUT2D eigenvalue weighted by atomic mass is 10.0. The average molecular weight is 371 g/mol. The number of furan rings is 1. The Hall–Kier alpha value is -3.91. The first kappa shape index (κ1) is 18.9. The van der Waals surface area contributed by atoms with Crippen LogP contribution in [0.5, 0.6) is 0 Å². The first-order valence-electron chi connectivity index (χ1n) is 8.71. The van der Waals surface area contributed by atoms with Crippen molar-refractivity contribution in [1.29, 1.82) is 5.26 Å². The monoisotopic (exact) mass is 371 g/mol. The molecule has 2 aromatic carbocycles. The van der Waals surface area contributed by atoms with Crippen LogP contribution in [0.25, 0.3) is 17.4 Å². The van der Waals surface area contributed by atoms with Gasteiger partial charge in [-0.05, 0) is 31.2 Å². The normalized spacial score (nSPS) is 10.9. The molecule has 0 aliphatic heterocycles. The number of nitrogens with zero attached hydrogens (tertiary/aromatic N) is 1. The molecule has 0 bridgehead atoms. The van der Waals surface area contributed by atoms with Crippen LogP contribution < -0.4 is 0 Å². The van der Waals surface area contributed by atoms with Crippen LogP contribution in [-0.4, -0.2) is 18.4 Å². The highest BCUT2D eigenvalue weighted by atomic mass is 16.5. The zero-order chi connectivity index (χ0) is 19.9. The predicted octanol–water partition coefficient (Wildman–Crippen LogP) is 4.91. The fourth-order valence-corrected chi connectivity index (χ4v) is 2.61. The molecule has 0 N–H and O–H groups in total. The van der Waals surface area contributed by atoms with Gasteiger partial charge in [-0.3, -0.25) is 4.79 Å². The Kier molecular flexibility index (Phi) is 5.83. The lowest BCUT2D eigenvalue weighted by Crippen LogP contribution is -2.03. The van der Waals surface area contributed by atoms with E-state index in [1.807, 2.05) is 6.07 Å². The minimum absolute atomic E-state index is 0.00948. The summed E-state index contributed by atoms with van der Waals surface area (Å²) in [5.41, 5.74) is 1.65. The van der Waals surface area contributed by atoms with E-state index in [2.05, 4.69) is 0 Å². The van der Waals surface area contributed by atoms with Gasteiger partial charge < -0.3 is 9.15 Å². The summed E-state index contributed by atoms with van der Waals surface area (Å²) in [7, 11) is 0. The van der Waals surface area contributed by atoms with Crippen LogP contribution in [0, 0.1) is 11.3 Å². The largest absolute Gasteiger partial charge is 0.462 e. The van der Waals surface area contributed by atoms with Crippen LogP contribution in [0.2, 0.25) is 0 Å². The maximum absolute atomic E-state index is 12.4. The summed E-state index contributed by atoms with van der Waals surface area (Å²) in [5, 5.41) is 9.34. The van der Waals surface area contributed by atoms with Crippen LogP contribution in [0.15, 0.2) is 76.7 Å². The number of rotatable bonds is 6. The summed E-state index contributed by atoms with van der Waals surface area (Å²) < 4.78 is 10.7. The van der Waals surface area contributed by atoms with E-state index >= 15 is 0 Å². The number of carbonyl (C=O) groups is 2. The molecule has 0 saturated carbocycles. The van der Waals surface area contributed by atoms with E-state index in [0.29, 0.717) is 29.3 Å². The molecule has 5 nitrogen and oxygen atoms in total. The zero-order valence-corrected chi connectivity index (χ0v) is 15.2. The third-order valence-electron chi connectivity index (χ3n) is 3.99. The van der Waals surface area contributed by atoms with E-state index in [4.69, 9.17) is 9.15 Å². The predicted molar refractivity (Wildman–Crippen MR) is 104 cm³/mol. The van der Waals surface area contributed by atoms with Crippen molar-refractivity contribution in [1.82, 2.24) is 0 Å². The SMILES string of the molecule is CCOC(=O)c1ccc(-c2ccc(C=C(C#N)C(=O)c3ccccc3)o2)cc1. The summed E-state index contributed by atoms with van der Waals surface area (Å²) >= 11 is 0. The van der Waals surface area contributed by atoms with Gasteiger partial charge in [-0.25, -0.2) is 4.79 Å². The summed E-state index contributed by atoms with van der Waals surface area (Å²) in [4.78, 5) is 24.2. The molecule has 28 heavy (non-hydrogen) atoms. The summed E-state index contributed by atoms with van der Waals surface area (Å²) in [5.74, 6) is 0.214. The Morgan fingerprint density at radius 1 is 1.00 bits per heavy atom. The van der Waals surface area contributed by atoms with E-state index in [1.54, 1.807) is 73.7 Å². The second-order valence-electron chi connectivity index (χ2n) is 5.86. The molecule has 1 aromatic heterocycles. The molecule has 3 aromatic rings. The molecule has 0 fully saturated rings. The minimum Gasteiger partial charge on any atom is -0.462 e. The van der Waals surface area contributed by atoms with Crippen molar-refractivity contribution in [2.75, 3.05) is 6.61 Å². The van der Waals surface area contributed by atoms with Crippen LogP contribution in [-0.2, 0) is 4.74 Å². The Morgan fingerprint density at radius 3 is 2.36 bits per heavy atom. The molecular formula is C23H17NO4. The number of hydrogen-bond acceptors (Lipinski definition) is 5. The molecule has 5 heteroatoms. The third kappa shape index (κ3) is 4.25. The van der Waals surface area contributed by atoms with Gasteiger partial charge in [-0.15, -0.1) is 0 Å². The standard InChI is InChI=1S/C23H17NO4/c1-2-27-23(26)18-10-8-16(9-11-18)21-13-12-20(28-21)14-19(15-24)22(25)17-6-4-3-5-7-17/h3-14H,2H2,1H3. The summed E-state index contributed by atoms with van der Waals surface area (Å²) in [6.45, 7) is 2.07. The smallest absolute Gasteiger partial charge is 0.338 e. The van der Waals surface area contributed by atoms with E-state index in [0.717, 1.165) is 5.56 Å². The van der Waals surface area contributed by atoms with Crippen molar-refractivity contribution in [3.8, 4) is 17.4 Å². The molecule has 0 radical (unpaired) electrons. The highest BCUT2D eigenvalue weighted by Crippen LogP contribution is 2.24. The molecule has 0 unspecified atom stereocenters. The number of nitriles is 1.